The highest BCUT2D eigenvalue weighted by molar-refractivity contribution is 8.00. The van der Waals surface area contributed by atoms with E-state index in [0.717, 1.165) is 28.9 Å². The third-order valence-corrected chi connectivity index (χ3v) is 3.98. The van der Waals surface area contributed by atoms with Gasteiger partial charge < -0.3 is 19.8 Å². The molecule has 20 heavy (non-hydrogen) atoms. The maximum atomic E-state index is 10.5. The van der Waals surface area contributed by atoms with Gasteiger partial charge in [-0.3, -0.25) is 0 Å². The SMILES string of the molecule is O=C([O-])CSc1nc(SCC(=O)[O-])c2ccccc2n1. The molecule has 0 spiro atoms. The molecule has 104 valence electrons. The summed E-state index contributed by atoms with van der Waals surface area (Å²) in [5.74, 6) is -2.90. The molecule has 0 saturated heterocycles. The number of carboxylic acids is 2. The molecule has 0 unspecified atom stereocenters. The molecule has 1 heterocycles. The van der Waals surface area contributed by atoms with Crippen LogP contribution in [-0.4, -0.2) is 33.4 Å². The predicted octanol–water partition coefficient (Wildman–Crippen LogP) is -0.686. The summed E-state index contributed by atoms with van der Waals surface area (Å²) in [5, 5.41) is 22.5. The van der Waals surface area contributed by atoms with Gasteiger partial charge in [0.25, 0.3) is 0 Å². The summed E-state index contributed by atoms with van der Waals surface area (Å²) >= 11 is 1.95. The van der Waals surface area contributed by atoms with Gasteiger partial charge in [0.05, 0.1) is 17.5 Å². The van der Waals surface area contributed by atoms with E-state index in [2.05, 4.69) is 9.97 Å². The molecule has 2 rings (SSSR count). The van der Waals surface area contributed by atoms with Crippen LogP contribution in [0.3, 0.4) is 0 Å². The molecule has 8 heteroatoms. The number of aromatic nitrogens is 2. The molecule has 0 aliphatic carbocycles. The third-order valence-electron chi connectivity index (χ3n) is 2.19. The normalized spacial score (nSPS) is 10.6. The number of thioether (sulfide) groups is 2. The van der Waals surface area contributed by atoms with Crippen molar-refractivity contribution in [2.45, 2.75) is 10.2 Å². The Balaban J connectivity index is 2.35. The number of carbonyl (C=O) groups excluding carboxylic acids is 2. The van der Waals surface area contributed by atoms with E-state index in [1.165, 1.54) is 0 Å². The highest BCUT2D eigenvalue weighted by Gasteiger charge is 2.08. The quantitative estimate of drug-likeness (QED) is 0.392. The van der Waals surface area contributed by atoms with Gasteiger partial charge in [-0.05, 0) is 6.07 Å². The average Bonchev–Trinajstić information content (AvgIpc) is 2.42. The zero-order valence-electron chi connectivity index (χ0n) is 10.1. The first-order valence-electron chi connectivity index (χ1n) is 5.48. The molecule has 0 bridgehead atoms. The lowest BCUT2D eigenvalue weighted by Crippen LogP contribution is -2.24. The van der Waals surface area contributed by atoms with Crippen molar-refractivity contribution in [2.24, 2.45) is 0 Å². The predicted molar refractivity (Wildman–Crippen MR) is 71.0 cm³/mol. The van der Waals surface area contributed by atoms with Crippen molar-refractivity contribution in [2.75, 3.05) is 11.5 Å². The number of para-hydroxylation sites is 1. The van der Waals surface area contributed by atoms with Crippen LogP contribution in [0.5, 0.6) is 0 Å². The number of benzene rings is 1. The fourth-order valence-corrected chi connectivity index (χ4v) is 2.81. The summed E-state index contributed by atoms with van der Waals surface area (Å²) in [6.07, 6.45) is 0. The van der Waals surface area contributed by atoms with Gasteiger partial charge >= 0.3 is 0 Å². The van der Waals surface area contributed by atoms with Crippen LogP contribution >= 0.6 is 23.5 Å². The van der Waals surface area contributed by atoms with Crippen LogP contribution in [0.25, 0.3) is 10.9 Å². The van der Waals surface area contributed by atoms with Crippen LogP contribution in [0.2, 0.25) is 0 Å². The zero-order chi connectivity index (χ0) is 14.5. The van der Waals surface area contributed by atoms with Gasteiger partial charge in [-0.15, -0.1) is 0 Å². The number of hydrogen-bond donors (Lipinski definition) is 0. The number of hydrogen-bond acceptors (Lipinski definition) is 8. The highest BCUT2D eigenvalue weighted by atomic mass is 32.2. The molecular formula is C12H8N2O4S2-2. The van der Waals surface area contributed by atoms with Gasteiger partial charge in [0.1, 0.15) is 5.03 Å². The fraction of sp³-hybridized carbons (Fsp3) is 0.167. The number of carbonyl (C=O) groups is 2. The van der Waals surface area contributed by atoms with Crippen LogP contribution in [0.15, 0.2) is 34.4 Å². The third kappa shape index (κ3) is 3.84. The van der Waals surface area contributed by atoms with E-state index in [0.29, 0.717) is 10.5 Å². The van der Waals surface area contributed by atoms with Gasteiger partial charge in [-0.1, -0.05) is 41.7 Å². The molecule has 0 radical (unpaired) electrons. The molecule has 1 aromatic heterocycles. The zero-order valence-corrected chi connectivity index (χ0v) is 11.7. The van der Waals surface area contributed by atoms with Gasteiger partial charge in [-0.2, -0.15) is 0 Å². The lowest BCUT2D eigenvalue weighted by molar-refractivity contribution is -0.302. The van der Waals surface area contributed by atoms with Crippen molar-refractivity contribution in [3.63, 3.8) is 0 Å². The summed E-state index contributed by atoms with van der Waals surface area (Å²) < 4.78 is 0. The Bertz CT molecular complexity index is 663. The highest BCUT2D eigenvalue weighted by Crippen LogP contribution is 2.27. The first-order chi connectivity index (χ1) is 9.56. The van der Waals surface area contributed by atoms with E-state index in [9.17, 15) is 19.8 Å². The molecule has 2 aromatic rings. The fourth-order valence-electron chi connectivity index (χ4n) is 1.45. The van der Waals surface area contributed by atoms with Crippen molar-refractivity contribution in [3.8, 4) is 0 Å². The standard InChI is InChI=1S/C12H10N2O4S2/c15-9(16)5-19-11-7-3-1-2-4-8(7)13-12(14-11)20-6-10(17)18/h1-4H,5-6H2,(H,15,16)(H,17,18)/p-2. The second kappa shape index (κ2) is 6.58. The second-order valence-electron chi connectivity index (χ2n) is 3.65. The molecule has 0 saturated carbocycles. The van der Waals surface area contributed by atoms with E-state index in [1.54, 1.807) is 24.3 Å². The van der Waals surface area contributed by atoms with E-state index in [1.807, 2.05) is 0 Å². The maximum absolute atomic E-state index is 10.5. The monoisotopic (exact) mass is 308 g/mol. The van der Waals surface area contributed by atoms with E-state index < -0.39 is 11.9 Å². The van der Waals surface area contributed by atoms with Crippen molar-refractivity contribution >= 4 is 46.4 Å². The molecular weight excluding hydrogens is 300 g/mol. The minimum Gasteiger partial charge on any atom is -0.549 e. The van der Waals surface area contributed by atoms with Gasteiger partial charge in [0.2, 0.25) is 0 Å². The first kappa shape index (κ1) is 14.6. The Kier molecular flexibility index (Phi) is 4.80. The van der Waals surface area contributed by atoms with Crippen molar-refractivity contribution in [1.29, 1.82) is 0 Å². The lowest BCUT2D eigenvalue weighted by Gasteiger charge is -2.08. The van der Waals surface area contributed by atoms with Crippen molar-refractivity contribution < 1.29 is 19.8 Å². The molecule has 0 aliphatic heterocycles. The van der Waals surface area contributed by atoms with Crippen molar-refractivity contribution in [3.05, 3.63) is 24.3 Å². The Labute approximate surface area is 122 Å². The van der Waals surface area contributed by atoms with Gasteiger partial charge in [0.15, 0.2) is 5.16 Å². The van der Waals surface area contributed by atoms with Crippen LogP contribution in [0.4, 0.5) is 0 Å². The largest absolute Gasteiger partial charge is 0.549 e. The van der Waals surface area contributed by atoms with E-state index in [-0.39, 0.29) is 16.7 Å². The molecule has 0 atom stereocenters. The summed E-state index contributed by atoms with van der Waals surface area (Å²) in [5.41, 5.74) is 0.629. The van der Waals surface area contributed by atoms with Crippen LogP contribution in [-0.2, 0) is 9.59 Å². The topological polar surface area (TPSA) is 106 Å². The molecule has 6 nitrogen and oxygen atoms in total. The maximum Gasteiger partial charge on any atom is 0.189 e. The first-order valence-corrected chi connectivity index (χ1v) is 7.45. The van der Waals surface area contributed by atoms with Crippen LogP contribution in [0, 0.1) is 0 Å². The Morgan fingerprint density at radius 2 is 1.65 bits per heavy atom. The lowest BCUT2D eigenvalue weighted by atomic mass is 10.2. The summed E-state index contributed by atoms with van der Waals surface area (Å²) in [4.78, 5) is 29.4. The summed E-state index contributed by atoms with van der Waals surface area (Å²) in [6, 6.07) is 7.11. The Morgan fingerprint density at radius 1 is 1.00 bits per heavy atom. The minimum absolute atomic E-state index is 0.231. The van der Waals surface area contributed by atoms with Crippen LogP contribution < -0.4 is 10.2 Å². The number of aliphatic carboxylic acids is 2. The van der Waals surface area contributed by atoms with Gasteiger partial charge in [-0.25, -0.2) is 9.97 Å². The average molecular weight is 308 g/mol. The van der Waals surface area contributed by atoms with E-state index >= 15 is 0 Å². The number of rotatable bonds is 6. The summed E-state index contributed by atoms with van der Waals surface area (Å²) in [6.45, 7) is 0. The Morgan fingerprint density at radius 3 is 2.35 bits per heavy atom. The molecule has 0 N–H and O–H groups in total. The second-order valence-corrected chi connectivity index (χ2v) is 5.56. The molecule has 0 aliphatic rings. The van der Waals surface area contributed by atoms with Crippen LogP contribution in [0.1, 0.15) is 0 Å². The number of nitrogens with zero attached hydrogens (tertiary/aromatic N) is 2. The van der Waals surface area contributed by atoms with E-state index in [4.69, 9.17) is 0 Å². The molecule has 0 amide bonds. The van der Waals surface area contributed by atoms with Gasteiger partial charge in [0, 0.05) is 16.9 Å². The van der Waals surface area contributed by atoms with Crippen molar-refractivity contribution in [1.82, 2.24) is 9.97 Å². The smallest absolute Gasteiger partial charge is 0.189 e. The summed E-state index contributed by atoms with van der Waals surface area (Å²) in [7, 11) is 0. The minimum atomic E-state index is -1.21. The molecule has 1 aromatic carbocycles. The molecule has 0 fully saturated rings. The number of carboxylic acid groups (broad SMARTS) is 2. The Hall–Kier alpha value is -1.80. The number of fused-ring (bicyclic) bond motifs is 1.